The molecule has 9 heteroatoms. The largest absolute Gasteiger partial charge is 0.362 e. The van der Waals surface area contributed by atoms with Crippen molar-refractivity contribution in [3.05, 3.63) is 39.7 Å². The van der Waals surface area contributed by atoms with Crippen LogP contribution in [0.2, 0.25) is 0 Å². The van der Waals surface area contributed by atoms with Gasteiger partial charge in [0.2, 0.25) is 5.95 Å². The molecule has 7 nitrogen and oxygen atoms in total. The van der Waals surface area contributed by atoms with Crippen LogP contribution in [0.4, 0.5) is 26.6 Å². The highest BCUT2D eigenvalue weighted by atomic mass is 79.9. The Morgan fingerprint density at radius 1 is 1.09 bits per heavy atom. The molecule has 1 saturated carbocycles. The lowest BCUT2D eigenvalue weighted by atomic mass is 9.91. The van der Waals surface area contributed by atoms with E-state index in [0.29, 0.717) is 10.4 Å². The molecule has 0 bridgehead atoms. The van der Waals surface area contributed by atoms with Gasteiger partial charge in [0.1, 0.15) is 11.6 Å². The van der Waals surface area contributed by atoms with Gasteiger partial charge in [-0.25, -0.2) is 14.2 Å². The first-order valence-corrected chi connectivity index (χ1v) is 12.0. The van der Waals surface area contributed by atoms with Crippen LogP contribution in [-0.4, -0.2) is 42.2 Å². The molecule has 1 aromatic heterocycles. The average Bonchev–Trinajstić information content (AvgIpc) is 2.76. The van der Waals surface area contributed by atoms with Crippen molar-refractivity contribution in [1.82, 2.24) is 15.3 Å². The van der Waals surface area contributed by atoms with Crippen LogP contribution in [0.3, 0.4) is 0 Å². The fraction of sp³-hybridized carbons (Fsp3) is 0.522. The molecule has 0 radical (unpaired) electrons. The normalized spacial score (nSPS) is 20.2. The molecule has 0 aliphatic heterocycles. The third-order valence-corrected chi connectivity index (χ3v) is 6.65. The summed E-state index contributed by atoms with van der Waals surface area (Å²) in [5.74, 6) is 1.25. The summed E-state index contributed by atoms with van der Waals surface area (Å²) in [5.41, 5.74) is 2.62. The number of halogens is 2. The minimum absolute atomic E-state index is 0.0633. The number of anilines is 3. The van der Waals surface area contributed by atoms with Gasteiger partial charge in [0.25, 0.3) is 0 Å². The number of urea groups is 1. The quantitative estimate of drug-likeness (QED) is 0.541. The standard InChI is InChI=1S/C23H30BrFN6O/c1-31(2)21-17-5-3-4-6-19(17)28-22(30-21)26-15-8-10-16(11-9-15)27-23(32)29-20-12-7-14(24)13-18(20)25/h7,12-13,15-16H,3-6,8-11H2,1-2H3,(H,26,28,30)(H2,27,29,32). The minimum atomic E-state index is -0.468. The van der Waals surface area contributed by atoms with Crippen molar-refractivity contribution in [2.75, 3.05) is 29.6 Å². The molecule has 0 atom stereocenters. The van der Waals surface area contributed by atoms with Crippen LogP contribution < -0.4 is 20.9 Å². The summed E-state index contributed by atoms with van der Waals surface area (Å²) in [6, 6.07) is 4.53. The molecule has 4 rings (SSSR count). The first-order valence-electron chi connectivity index (χ1n) is 11.3. The van der Waals surface area contributed by atoms with Gasteiger partial charge in [0.15, 0.2) is 0 Å². The minimum Gasteiger partial charge on any atom is -0.362 e. The third kappa shape index (κ3) is 5.49. The summed E-state index contributed by atoms with van der Waals surface area (Å²) in [6.07, 6.45) is 7.95. The van der Waals surface area contributed by atoms with Crippen molar-refractivity contribution in [2.45, 2.75) is 63.5 Å². The molecule has 2 aromatic rings. The number of benzene rings is 1. The first kappa shape index (κ1) is 22.8. The number of aryl methyl sites for hydroxylation is 1. The molecule has 0 unspecified atom stereocenters. The summed E-state index contributed by atoms with van der Waals surface area (Å²) in [7, 11) is 4.06. The molecule has 1 aromatic carbocycles. The molecule has 0 spiro atoms. The maximum absolute atomic E-state index is 13.9. The van der Waals surface area contributed by atoms with E-state index in [9.17, 15) is 9.18 Å². The second-order valence-electron chi connectivity index (χ2n) is 8.81. The predicted molar refractivity (Wildman–Crippen MR) is 129 cm³/mol. The van der Waals surface area contributed by atoms with E-state index in [1.54, 1.807) is 12.1 Å². The van der Waals surface area contributed by atoms with E-state index < -0.39 is 5.82 Å². The molecule has 32 heavy (non-hydrogen) atoms. The van der Waals surface area contributed by atoms with Crippen LogP contribution in [0.1, 0.15) is 49.8 Å². The number of carbonyl (C=O) groups is 1. The van der Waals surface area contributed by atoms with Gasteiger partial charge < -0.3 is 20.9 Å². The number of nitrogens with one attached hydrogen (secondary N) is 3. The molecular weight excluding hydrogens is 475 g/mol. The second kappa shape index (κ2) is 10.0. The topological polar surface area (TPSA) is 82.2 Å². The maximum Gasteiger partial charge on any atom is 0.319 e. The van der Waals surface area contributed by atoms with Crippen molar-refractivity contribution < 1.29 is 9.18 Å². The van der Waals surface area contributed by atoms with Gasteiger partial charge in [-0.2, -0.15) is 4.98 Å². The lowest BCUT2D eigenvalue weighted by Gasteiger charge is -2.30. The summed E-state index contributed by atoms with van der Waals surface area (Å²) in [4.78, 5) is 24.0. The molecule has 3 N–H and O–H groups in total. The molecule has 1 heterocycles. The first-order chi connectivity index (χ1) is 15.4. The average molecular weight is 505 g/mol. The number of aromatic nitrogens is 2. The molecule has 2 aliphatic rings. The SMILES string of the molecule is CN(C)c1nc(NC2CCC(NC(=O)Nc3ccc(Br)cc3F)CC2)nc2c1CCCC2. The molecule has 0 saturated heterocycles. The van der Waals surface area contributed by atoms with Gasteiger partial charge in [0, 0.05) is 36.2 Å². The van der Waals surface area contributed by atoms with Crippen molar-refractivity contribution in [3.8, 4) is 0 Å². The maximum atomic E-state index is 13.9. The Morgan fingerprint density at radius 3 is 2.53 bits per heavy atom. The number of carbonyl (C=O) groups excluding carboxylic acids is 1. The van der Waals surface area contributed by atoms with E-state index in [1.807, 2.05) is 14.1 Å². The summed E-state index contributed by atoms with van der Waals surface area (Å²) in [5, 5.41) is 9.08. The van der Waals surface area contributed by atoms with Crippen LogP contribution in [0, 0.1) is 5.82 Å². The van der Waals surface area contributed by atoms with Gasteiger partial charge in [-0.3, -0.25) is 0 Å². The van der Waals surface area contributed by atoms with Crippen LogP contribution in [0.15, 0.2) is 22.7 Å². The van der Waals surface area contributed by atoms with Gasteiger partial charge in [0.05, 0.1) is 11.4 Å². The zero-order chi connectivity index (χ0) is 22.7. The third-order valence-electron chi connectivity index (χ3n) is 6.16. The zero-order valence-corrected chi connectivity index (χ0v) is 20.1. The van der Waals surface area contributed by atoms with Crippen molar-refractivity contribution in [1.29, 1.82) is 0 Å². The number of hydrogen-bond acceptors (Lipinski definition) is 5. The summed E-state index contributed by atoms with van der Waals surface area (Å²) >= 11 is 3.21. The van der Waals surface area contributed by atoms with E-state index in [2.05, 4.69) is 36.8 Å². The lowest BCUT2D eigenvalue weighted by Crippen LogP contribution is -2.42. The molecule has 1 fully saturated rings. The van der Waals surface area contributed by atoms with Crippen LogP contribution >= 0.6 is 15.9 Å². The monoisotopic (exact) mass is 504 g/mol. The Kier molecular flexibility index (Phi) is 7.13. The van der Waals surface area contributed by atoms with Crippen LogP contribution in [0.5, 0.6) is 0 Å². The van der Waals surface area contributed by atoms with Gasteiger partial charge in [-0.1, -0.05) is 15.9 Å². The highest BCUT2D eigenvalue weighted by molar-refractivity contribution is 9.10. The van der Waals surface area contributed by atoms with Crippen LogP contribution in [0.25, 0.3) is 0 Å². The Balaban J connectivity index is 1.30. The Hall–Kier alpha value is -2.42. The number of hydrogen-bond donors (Lipinski definition) is 3. The second-order valence-corrected chi connectivity index (χ2v) is 9.73. The van der Waals surface area contributed by atoms with Crippen molar-refractivity contribution in [3.63, 3.8) is 0 Å². The van der Waals surface area contributed by atoms with Crippen molar-refractivity contribution >= 4 is 39.4 Å². The van der Waals surface area contributed by atoms with E-state index in [-0.39, 0.29) is 23.8 Å². The van der Waals surface area contributed by atoms with E-state index in [4.69, 9.17) is 9.97 Å². The van der Waals surface area contributed by atoms with E-state index in [1.165, 1.54) is 30.2 Å². The number of nitrogens with zero attached hydrogens (tertiary/aromatic N) is 3. The highest BCUT2D eigenvalue weighted by Gasteiger charge is 2.25. The summed E-state index contributed by atoms with van der Waals surface area (Å²) < 4.78 is 14.6. The van der Waals surface area contributed by atoms with Gasteiger partial charge in [-0.15, -0.1) is 0 Å². The summed E-state index contributed by atoms with van der Waals surface area (Å²) in [6.45, 7) is 0. The number of rotatable bonds is 5. The zero-order valence-electron chi connectivity index (χ0n) is 18.5. The Bertz CT molecular complexity index is 977. The predicted octanol–water partition coefficient (Wildman–Crippen LogP) is 4.87. The molecule has 172 valence electrons. The fourth-order valence-electron chi connectivity index (χ4n) is 4.51. The fourth-order valence-corrected chi connectivity index (χ4v) is 4.84. The molecule has 2 amide bonds. The van der Waals surface area contributed by atoms with Crippen molar-refractivity contribution in [2.24, 2.45) is 0 Å². The smallest absolute Gasteiger partial charge is 0.319 e. The van der Waals surface area contributed by atoms with Gasteiger partial charge >= 0.3 is 6.03 Å². The molecule has 2 aliphatic carbocycles. The Morgan fingerprint density at radius 2 is 1.81 bits per heavy atom. The molecular formula is C23H30BrFN6O. The lowest BCUT2D eigenvalue weighted by molar-refractivity contribution is 0.243. The number of amides is 2. The Labute approximate surface area is 196 Å². The van der Waals surface area contributed by atoms with Crippen LogP contribution in [-0.2, 0) is 12.8 Å². The van der Waals surface area contributed by atoms with E-state index in [0.717, 1.165) is 44.3 Å². The highest BCUT2D eigenvalue weighted by Crippen LogP contribution is 2.29. The number of fused-ring (bicyclic) bond motifs is 1. The van der Waals surface area contributed by atoms with E-state index >= 15 is 0 Å². The van der Waals surface area contributed by atoms with Gasteiger partial charge in [-0.05, 0) is 69.6 Å².